The maximum Gasteiger partial charge on any atom is 0.0336 e. The summed E-state index contributed by atoms with van der Waals surface area (Å²) in [5, 5.41) is 0. The van der Waals surface area contributed by atoms with Crippen LogP contribution in [0.5, 0.6) is 0 Å². The minimum absolute atomic E-state index is 0.205. The Morgan fingerprint density at radius 1 is 1.09 bits per heavy atom. The summed E-state index contributed by atoms with van der Waals surface area (Å²) in [7, 11) is -0.205. The highest BCUT2D eigenvalue weighted by Gasteiger charge is 2.28. The standard InChI is InChI=1S/C10H22Si/c1-10(2,3)9-5-7-11(4)8-6-9/h9,11H,5-8H2,1-4H3. The lowest BCUT2D eigenvalue weighted by atomic mass is 9.77. The Balaban J connectivity index is 2.39. The third kappa shape index (κ3) is 2.62. The molecule has 0 aromatic heterocycles. The van der Waals surface area contributed by atoms with Gasteiger partial charge in [0, 0.05) is 8.80 Å². The molecule has 0 radical (unpaired) electrons. The van der Waals surface area contributed by atoms with Crippen LogP contribution in [-0.4, -0.2) is 8.80 Å². The highest BCUT2D eigenvalue weighted by molar-refractivity contribution is 6.57. The second-order valence-electron chi connectivity index (χ2n) is 5.32. The third-order valence-electron chi connectivity index (χ3n) is 3.24. The molecule has 0 saturated carbocycles. The van der Waals surface area contributed by atoms with E-state index in [-0.39, 0.29) is 8.80 Å². The monoisotopic (exact) mass is 170 g/mol. The van der Waals surface area contributed by atoms with E-state index in [0.29, 0.717) is 5.41 Å². The molecule has 1 heterocycles. The second kappa shape index (κ2) is 3.30. The summed E-state index contributed by atoms with van der Waals surface area (Å²) in [6.45, 7) is 9.72. The van der Waals surface area contributed by atoms with E-state index >= 15 is 0 Å². The van der Waals surface area contributed by atoms with Gasteiger partial charge in [0.15, 0.2) is 0 Å². The van der Waals surface area contributed by atoms with Crippen LogP contribution in [0.4, 0.5) is 0 Å². The molecular formula is C10H22Si. The molecule has 0 aromatic rings. The molecule has 0 unspecified atom stereocenters. The Morgan fingerprint density at radius 2 is 1.55 bits per heavy atom. The normalized spacial score (nSPS) is 33.8. The lowest BCUT2D eigenvalue weighted by Crippen LogP contribution is -2.27. The lowest BCUT2D eigenvalue weighted by Gasteiger charge is -2.35. The number of rotatable bonds is 0. The van der Waals surface area contributed by atoms with Gasteiger partial charge in [-0.2, -0.15) is 0 Å². The van der Waals surface area contributed by atoms with Gasteiger partial charge in [-0.25, -0.2) is 0 Å². The van der Waals surface area contributed by atoms with Crippen LogP contribution in [0.2, 0.25) is 18.6 Å². The summed E-state index contributed by atoms with van der Waals surface area (Å²) < 4.78 is 0. The second-order valence-corrected chi connectivity index (χ2v) is 8.69. The molecule has 0 spiro atoms. The zero-order valence-corrected chi connectivity index (χ0v) is 9.64. The average molecular weight is 170 g/mol. The van der Waals surface area contributed by atoms with Crippen molar-refractivity contribution in [2.45, 2.75) is 52.2 Å². The third-order valence-corrected chi connectivity index (χ3v) is 5.88. The molecule has 1 aliphatic rings. The Labute approximate surface area is 73.0 Å². The van der Waals surface area contributed by atoms with E-state index in [1.165, 1.54) is 12.8 Å². The molecular weight excluding hydrogens is 148 g/mol. The molecule has 11 heavy (non-hydrogen) atoms. The van der Waals surface area contributed by atoms with Crippen molar-refractivity contribution in [3.63, 3.8) is 0 Å². The van der Waals surface area contributed by atoms with Crippen LogP contribution in [0.25, 0.3) is 0 Å². The van der Waals surface area contributed by atoms with Crippen molar-refractivity contribution in [1.82, 2.24) is 0 Å². The van der Waals surface area contributed by atoms with E-state index in [4.69, 9.17) is 0 Å². The first-order valence-corrected chi connectivity index (χ1v) is 7.79. The van der Waals surface area contributed by atoms with Gasteiger partial charge in [0.25, 0.3) is 0 Å². The maximum absolute atomic E-state index is 2.53. The van der Waals surface area contributed by atoms with Crippen molar-refractivity contribution in [2.75, 3.05) is 0 Å². The van der Waals surface area contributed by atoms with Gasteiger partial charge in [-0.15, -0.1) is 0 Å². The molecule has 66 valence electrons. The van der Waals surface area contributed by atoms with Gasteiger partial charge in [0.1, 0.15) is 0 Å². The Bertz CT molecular complexity index is 115. The van der Waals surface area contributed by atoms with Crippen molar-refractivity contribution in [3.8, 4) is 0 Å². The van der Waals surface area contributed by atoms with Crippen LogP contribution in [0.3, 0.4) is 0 Å². The first-order valence-electron chi connectivity index (χ1n) is 5.00. The first kappa shape index (κ1) is 9.31. The molecule has 1 saturated heterocycles. The maximum atomic E-state index is 2.53. The molecule has 0 aliphatic carbocycles. The van der Waals surface area contributed by atoms with Crippen LogP contribution < -0.4 is 0 Å². The van der Waals surface area contributed by atoms with Gasteiger partial charge in [0.05, 0.1) is 0 Å². The van der Waals surface area contributed by atoms with E-state index in [0.717, 1.165) is 5.92 Å². The van der Waals surface area contributed by atoms with Crippen molar-refractivity contribution in [3.05, 3.63) is 0 Å². The summed E-state index contributed by atoms with van der Waals surface area (Å²) in [5.74, 6) is 1.02. The predicted molar refractivity (Wildman–Crippen MR) is 54.8 cm³/mol. The van der Waals surface area contributed by atoms with E-state index in [9.17, 15) is 0 Å². The fraction of sp³-hybridized carbons (Fsp3) is 1.00. The smallest absolute Gasteiger partial charge is 0.0336 e. The summed E-state index contributed by atoms with van der Waals surface area (Å²) in [4.78, 5) is 0. The van der Waals surface area contributed by atoms with Crippen molar-refractivity contribution >= 4 is 8.80 Å². The molecule has 1 fully saturated rings. The predicted octanol–water partition coefficient (Wildman–Crippen LogP) is 3.30. The van der Waals surface area contributed by atoms with Gasteiger partial charge < -0.3 is 0 Å². The van der Waals surface area contributed by atoms with E-state index in [2.05, 4.69) is 27.3 Å². The fourth-order valence-corrected chi connectivity index (χ4v) is 4.36. The highest BCUT2D eigenvalue weighted by Crippen LogP contribution is 2.37. The summed E-state index contributed by atoms with van der Waals surface area (Å²) in [6, 6.07) is 3.20. The van der Waals surface area contributed by atoms with Gasteiger partial charge in [-0.05, 0) is 11.3 Å². The van der Waals surface area contributed by atoms with Crippen LogP contribution in [0.1, 0.15) is 33.6 Å². The average Bonchev–Trinajstić information content (AvgIpc) is 1.86. The highest BCUT2D eigenvalue weighted by atomic mass is 28.3. The molecule has 0 nitrogen and oxygen atoms in total. The van der Waals surface area contributed by atoms with Gasteiger partial charge in [0.2, 0.25) is 0 Å². The van der Waals surface area contributed by atoms with Crippen molar-refractivity contribution in [2.24, 2.45) is 11.3 Å². The molecule has 0 atom stereocenters. The Hall–Kier alpha value is 0.217. The molecule has 0 aromatic carbocycles. The minimum atomic E-state index is -0.205. The zero-order chi connectivity index (χ0) is 8.48. The summed E-state index contributed by atoms with van der Waals surface area (Å²) >= 11 is 0. The quantitative estimate of drug-likeness (QED) is 0.489. The Kier molecular flexibility index (Phi) is 2.79. The molecule has 1 aliphatic heterocycles. The van der Waals surface area contributed by atoms with Crippen LogP contribution in [-0.2, 0) is 0 Å². The lowest BCUT2D eigenvalue weighted by molar-refractivity contribution is 0.219. The molecule has 1 heteroatoms. The van der Waals surface area contributed by atoms with E-state index in [1.807, 2.05) is 0 Å². The first-order chi connectivity index (χ1) is 5.00. The van der Waals surface area contributed by atoms with Gasteiger partial charge in [-0.3, -0.25) is 0 Å². The minimum Gasteiger partial charge on any atom is -0.0720 e. The SMILES string of the molecule is C[SiH]1CCC(C(C)(C)C)CC1. The molecule has 1 rings (SSSR count). The molecule has 0 N–H and O–H groups in total. The van der Waals surface area contributed by atoms with Crippen molar-refractivity contribution in [1.29, 1.82) is 0 Å². The molecule has 0 amide bonds. The van der Waals surface area contributed by atoms with Gasteiger partial charge in [-0.1, -0.05) is 52.2 Å². The van der Waals surface area contributed by atoms with Crippen LogP contribution in [0, 0.1) is 11.3 Å². The van der Waals surface area contributed by atoms with Gasteiger partial charge >= 0.3 is 0 Å². The van der Waals surface area contributed by atoms with Crippen LogP contribution >= 0.6 is 0 Å². The summed E-state index contributed by atoms with van der Waals surface area (Å²) in [5.41, 5.74) is 0.578. The van der Waals surface area contributed by atoms with Crippen LogP contribution in [0.15, 0.2) is 0 Å². The number of hydrogen-bond donors (Lipinski definition) is 0. The summed E-state index contributed by atoms with van der Waals surface area (Å²) in [6.07, 6.45) is 3.05. The van der Waals surface area contributed by atoms with E-state index in [1.54, 1.807) is 12.1 Å². The Morgan fingerprint density at radius 3 is 1.91 bits per heavy atom. The van der Waals surface area contributed by atoms with Crippen molar-refractivity contribution < 1.29 is 0 Å². The topological polar surface area (TPSA) is 0 Å². The largest absolute Gasteiger partial charge is 0.0720 e. The van der Waals surface area contributed by atoms with E-state index < -0.39 is 0 Å². The zero-order valence-electron chi connectivity index (χ0n) is 8.48. The fourth-order valence-electron chi connectivity index (χ4n) is 2.13. The number of hydrogen-bond acceptors (Lipinski definition) is 0. The molecule has 0 bridgehead atoms.